The van der Waals surface area contributed by atoms with E-state index in [2.05, 4.69) is 90.9 Å². The van der Waals surface area contributed by atoms with Crippen LogP contribution in [0.1, 0.15) is 49.4 Å². The second-order valence-corrected chi connectivity index (χ2v) is 11.5. The molecule has 0 amide bonds. The van der Waals surface area contributed by atoms with Crippen molar-refractivity contribution in [2.75, 3.05) is 0 Å². The van der Waals surface area contributed by atoms with Gasteiger partial charge in [-0.15, -0.1) is 0 Å². The molecule has 1 aliphatic rings. The molecule has 0 unspecified atom stereocenters. The molecule has 26 heavy (non-hydrogen) atoms. The number of benzene rings is 2. The van der Waals surface area contributed by atoms with Crippen LogP contribution in [0.15, 0.2) is 58.8 Å². The average molecular weight is 361 g/mol. The number of hydrogen-bond donors (Lipinski definition) is 0. The Morgan fingerprint density at radius 3 is 1.46 bits per heavy atom. The fraction of sp³-hybridized carbons (Fsp3) is 0.360. The van der Waals surface area contributed by atoms with Gasteiger partial charge in [0.15, 0.2) is 0 Å². The first-order chi connectivity index (χ1) is 12.2. The van der Waals surface area contributed by atoms with E-state index in [0.29, 0.717) is 5.92 Å². The van der Waals surface area contributed by atoms with Gasteiger partial charge < -0.3 is 0 Å². The number of hydrogen-bond acceptors (Lipinski definition) is 0. The van der Waals surface area contributed by atoms with E-state index in [0.717, 1.165) is 6.42 Å². The molecule has 0 aromatic heterocycles. The van der Waals surface area contributed by atoms with Gasteiger partial charge in [-0.1, -0.05) is 99.7 Å². The zero-order valence-electron chi connectivity index (χ0n) is 17.4. The van der Waals surface area contributed by atoms with E-state index >= 15 is 0 Å². The molecule has 0 radical (unpaired) electrons. The molecule has 1 aliphatic carbocycles. The minimum Gasteiger partial charge on any atom is -0.0700 e. The zero-order chi connectivity index (χ0) is 19.0. The van der Waals surface area contributed by atoms with Gasteiger partial charge in [-0.2, -0.15) is 0 Å². The standard InChI is InChI=1S/C25H32Si/c1-16(2)25-15-24(14-21(25)7)26(22-10-17(3)8-18(4)11-22)23-12-19(5)9-20(6)13-23/h8-13,15-16,26H,14H2,1-7H3. The molecule has 136 valence electrons. The van der Waals surface area contributed by atoms with Crippen LogP contribution in [0.2, 0.25) is 0 Å². The fourth-order valence-corrected chi connectivity index (χ4v) is 8.42. The van der Waals surface area contributed by atoms with E-state index in [1.165, 1.54) is 22.3 Å². The summed E-state index contributed by atoms with van der Waals surface area (Å²) in [6.07, 6.45) is 3.70. The van der Waals surface area contributed by atoms with Crippen LogP contribution in [0, 0.1) is 33.6 Å². The second-order valence-electron chi connectivity index (χ2n) is 8.56. The minimum absolute atomic E-state index is 0.612. The lowest BCUT2D eigenvalue weighted by Crippen LogP contribution is -2.44. The van der Waals surface area contributed by atoms with Gasteiger partial charge in [0.05, 0.1) is 0 Å². The van der Waals surface area contributed by atoms with Crippen LogP contribution in [0.25, 0.3) is 0 Å². The Labute approximate surface area is 161 Å². The van der Waals surface area contributed by atoms with Crippen LogP contribution in [-0.4, -0.2) is 8.80 Å². The smallest absolute Gasteiger partial charge is 0.0700 e. The summed E-state index contributed by atoms with van der Waals surface area (Å²) in [6.45, 7) is 15.9. The summed E-state index contributed by atoms with van der Waals surface area (Å²) in [7, 11) is -1.41. The van der Waals surface area contributed by atoms with Crippen molar-refractivity contribution < 1.29 is 0 Å². The molecule has 0 spiro atoms. The summed E-state index contributed by atoms with van der Waals surface area (Å²) < 4.78 is 0. The molecule has 0 fully saturated rings. The lowest BCUT2D eigenvalue weighted by Gasteiger charge is -2.21. The quantitative estimate of drug-likeness (QED) is 0.665. The number of aryl methyl sites for hydroxylation is 4. The van der Waals surface area contributed by atoms with Gasteiger partial charge in [0.1, 0.15) is 8.80 Å². The predicted octanol–water partition coefficient (Wildman–Crippen LogP) is 5.10. The Morgan fingerprint density at radius 1 is 0.692 bits per heavy atom. The van der Waals surface area contributed by atoms with Gasteiger partial charge in [-0.25, -0.2) is 0 Å². The van der Waals surface area contributed by atoms with Gasteiger partial charge >= 0.3 is 0 Å². The lowest BCUT2D eigenvalue weighted by molar-refractivity contribution is 0.783. The Bertz CT molecular complexity index is 804. The van der Waals surface area contributed by atoms with Crippen molar-refractivity contribution >= 4 is 19.2 Å². The van der Waals surface area contributed by atoms with Crippen LogP contribution in [0.3, 0.4) is 0 Å². The molecule has 0 saturated carbocycles. The molecule has 2 aromatic rings. The highest BCUT2D eigenvalue weighted by atomic mass is 28.3. The SMILES string of the molecule is CC1=C(C(C)C)C=C([SiH](c2cc(C)cc(C)c2)c2cc(C)cc(C)c2)C1. The lowest BCUT2D eigenvalue weighted by atomic mass is 10.0. The summed E-state index contributed by atoms with van der Waals surface area (Å²) in [5.74, 6) is 0.612. The predicted molar refractivity (Wildman–Crippen MR) is 118 cm³/mol. The molecule has 0 saturated heterocycles. The summed E-state index contributed by atoms with van der Waals surface area (Å²) in [5, 5.41) is 4.81. The fourth-order valence-electron chi connectivity index (χ4n) is 4.60. The summed E-state index contributed by atoms with van der Waals surface area (Å²) in [4.78, 5) is 0. The van der Waals surface area contributed by atoms with Crippen molar-refractivity contribution in [3.05, 3.63) is 81.1 Å². The first kappa shape index (κ1) is 18.9. The first-order valence-corrected chi connectivity index (χ1v) is 11.5. The molecule has 0 atom stereocenters. The molecule has 1 heteroatoms. The third kappa shape index (κ3) is 3.93. The maximum Gasteiger partial charge on any atom is 0.128 e. The van der Waals surface area contributed by atoms with Gasteiger partial charge in [-0.05, 0) is 52.5 Å². The van der Waals surface area contributed by atoms with Crippen molar-refractivity contribution in [1.29, 1.82) is 0 Å². The van der Waals surface area contributed by atoms with Gasteiger partial charge in [0.25, 0.3) is 0 Å². The molecule has 0 nitrogen and oxygen atoms in total. The topological polar surface area (TPSA) is 0 Å². The van der Waals surface area contributed by atoms with Crippen LogP contribution >= 0.6 is 0 Å². The van der Waals surface area contributed by atoms with Gasteiger partial charge in [-0.3, -0.25) is 0 Å². The minimum atomic E-state index is -1.41. The van der Waals surface area contributed by atoms with Crippen molar-refractivity contribution in [2.24, 2.45) is 5.92 Å². The maximum atomic E-state index is 2.55. The molecule has 0 bridgehead atoms. The summed E-state index contributed by atoms with van der Waals surface area (Å²) in [5.41, 5.74) is 8.67. The van der Waals surface area contributed by atoms with E-state index in [1.54, 1.807) is 26.7 Å². The molecule has 0 heterocycles. The van der Waals surface area contributed by atoms with Crippen LogP contribution < -0.4 is 10.4 Å². The van der Waals surface area contributed by atoms with Crippen LogP contribution in [-0.2, 0) is 0 Å². The Morgan fingerprint density at radius 2 is 1.12 bits per heavy atom. The summed E-state index contributed by atoms with van der Waals surface area (Å²) >= 11 is 0. The maximum absolute atomic E-state index is 2.55. The monoisotopic (exact) mass is 360 g/mol. The third-order valence-electron chi connectivity index (χ3n) is 5.45. The van der Waals surface area contributed by atoms with E-state index in [4.69, 9.17) is 0 Å². The van der Waals surface area contributed by atoms with Crippen molar-refractivity contribution in [3.63, 3.8) is 0 Å². The van der Waals surface area contributed by atoms with Gasteiger partial charge in [0, 0.05) is 0 Å². The van der Waals surface area contributed by atoms with Crippen LogP contribution in [0.4, 0.5) is 0 Å². The van der Waals surface area contributed by atoms with Gasteiger partial charge in [0.2, 0.25) is 0 Å². The number of allylic oxidation sites excluding steroid dienone is 4. The van der Waals surface area contributed by atoms with E-state index in [9.17, 15) is 0 Å². The highest BCUT2D eigenvalue weighted by Gasteiger charge is 2.26. The largest absolute Gasteiger partial charge is 0.128 e. The Hall–Kier alpha value is -1.86. The third-order valence-corrected chi connectivity index (χ3v) is 8.56. The van der Waals surface area contributed by atoms with E-state index < -0.39 is 8.80 Å². The molecule has 0 aliphatic heterocycles. The first-order valence-electron chi connectivity index (χ1n) is 9.81. The van der Waals surface area contributed by atoms with E-state index in [1.807, 2.05) is 0 Å². The van der Waals surface area contributed by atoms with Crippen molar-refractivity contribution in [1.82, 2.24) is 0 Å². The second kappa shape index (κ2) is 7.40. The molecule has 0 N–H and O–H groups in total. The molecule has 3 rings (SSSR count). The Kier molecular flexibility index (Phi) is 5.38. The summed E-state index contributed by atoms with van der Waals surface area (Å²) in [6, 6.07) is 14.3. The normalized spacial score (nSPS) is 14.6. The average Bonchev–Trinajstić information content (AvgIpc) is 2.87. The van der Waals surface area contributed by atoms with Crippen LogP contribution in [0.5, 0.6) is 0 Å². The molecule has 2 aromatic carbocycles. The number of rotatable bonds is 4. The highest BCUT2D eigenvalue weighted by Crippen LogP contribution is 2.31. The zero-order valence-corrected chi connectivity index (χ0v) is 18.6. The highest BCUT2D eigenvalue weighted by molar-refractivity contribution is 6.91. The van der Waals surface area contributed by atoms with Crippen molar-refractivity contribution in [2.45, 2.75) is 54.9 Å². The van der Waals surface area contributed by atoms with E-state index in [-0.39, 0.29) is 0 Å². The molecular formula is C25H32Si. The Balaban J connectivity index is 2.16. The molecular weight excluding hydrogens is 328 g/mol. The van der Waals surface area contributed by atoms with Crippen molar-refractivity contribution in [3.8, 4) is 0 Å².